The Labute approximate surface area is 140 Å². The van der Waals surface area contributed by atoms with Crippen molar-refractivity contribution in [3.05, 3.63) is 38.3 Å². The number of nitro benzene ring substituents is 1. The van der Waals surface area contributed by atoms with Gasteiger partial charge in [0.2, 0.25) is 0 Å². The van der Waals surface area contributed by atoms with Gasteiger partial charge in [0.05, 0.1) is 10.3 Å². The number of halogens is 1. The molecule has 0 bridgehead atoms. The summed E-state index contributed by atoms with van der Waals surface area (Å²) < 4.78 is 5.64. The number of hydrogen-bond acceptors (Lipinski definition) is 5. The monoisotopic (exact) mass is 386 g/mol. The molecule has 9 heteroatoms. The number of rotatable bonds is 5. The molecule has 0 atom stereocenters. The van der Waals surface area contributed by atoms with Crippen molar-refractivity contribution in [3.8, 4) is 0 Å². The summed E-state index contributed by atoms with van der Waals surface area (Å²) in [7, 11) is 0. The van der Waals surface area contributed by atoms with Crippen LogP contribution in [0.4, 0.5) is 5.69 Å². The molecule has 0 radical (unpaired) electrons. The molecule has 8 nitrogen and oxygen atoms in total. The fraction of sp³-hybridized carbons (Fsp3) is 0.429. The van der Waals surface area contributed by atoms with E-state index in [0.717, 1.165) is 0 Å². The van der Waals surface area contributed by atoms with Crippen LogP contribution in [0.25, 0.3) is 0 Å². The van der Waals surface area contributed by atoms with Gasteiger partial charge in [-0.15, -0.1) is 0 Å². The van der Waals surface area contributed by atoms with Crippen LogP contribution in [0.2, 0.25) is 0 Å². The highest BCUT2D eigenvalue weighted by atomic mass is 79.9. The van der Waals surface area contributed by atoms with Gasteiger partial charge in [-0.25, -0.2) is 0 Å². The number of carboxylic acid groups (broad SMARTS) is 1. The van der Waals surface area contributed by atoms with E-state index < -0.39 is 22.2 Å². The molecule has 1 aliphatic rings. The first kappa shape index (κ1) is 17.4. The average molecular weight is 387 g/mol. The SMILES string of the molecule is O=C(NCC1(C(=O)O)CCOCC1)c1ccc(Br)cc1[N+](=O)[O-]. The van der Waals surface area contributed by atoms with Gasteiger partial charge < -0.3 is 15.2 Å². The molecule has 23 heavy (non-hydrogen) atoms. The number of nitro groups is 1. The van der Waals surface area contributed by atoms with E-state index in [1.807, 2.05) is 0 Å². The minimum atomic E-state index is -1.10. The zero-order valence-electron chi connectivity index (χ0n) is 12.1. The lowest BCUT2D eigenvalue weighted by molar-refractivity contribution is -0.385. The molecule has 0 aliphatic carbocycles. The third-order valence-electron chi connectivity index (χ3n) is 3.89. The largest absolute Gasteiger partial charge is 0.481 e. The quantitative estimate of drug-likeness (QED) is 0.589. The van der Waals surface area contributed by atoms with E-state index in [1.165, 1.54) is 18.2 Å². The maximum Gasteiger partial charge on any atom is 0.311 e. The normalized spacial score (nSPS) is 16.6. The van der Waals surface area contributed by atoms with Crippen LogP contribution in [0.5, 0.6) is 0 Å². The summed E-state index contributed by atoms with van der Waals surface area (Å²) in [6, 6.07) is 4.08. The summed E-state index contributed by atoms with van der Waals surface area (Å²) in [4.78, 5) is 34.2. The van der Waals surface area contributed by atoms with Gasteiger partial charge in [-0.1, -0.05) is 15.9 Å². The number of ether oxygens (including phenoxy) is 1. The van der Waals surface area contributed by atoms with E-state index in [1.54, 1.807) is 0 Å². The number of hydrogen-bond donors (Lipinski definition) is 2. The van der Waals surface area contributed by atoms with Crippen molar-refractivity contribution < 1.29 is 24.4 Å². The molecule has 2 N–H and O–H groups in total. The highest BCUT2D eigenvalue weighted by Gasteiger charge is 2.40. The molecule has 0 aromatic heterocycles. The molecule has 0 spiro atoms. The Balaban J connectivity index is 2.16. The number of amides is 1. The minimum absolute atomic E-state index is 0.0995. The van der Waals surface area contributed by atoms with Gasteiger partial charge in [0.25, 0.3) is 11.6 Å². The Hall–Kier alpha value is -2.00. The second-order valence-electron chi connectivity index (χ2n) is 5.30. The van der Waals surface area contributed by atoms with Gasteiger partial charge in [-0.05, 0) is 25.0 Å². The van der Waals surface area contributed by atoms with E-state index in [2.05, 4.69) is 21.2 Å². The molecule has 0 saturated carbocycles. The maximum absolute atomic E-state index is 12.2. The molecule has 1 amide bonds. The second-order valence-corrected chi connectivity index (χ2v) is 6.21. The number of nitrogens with zero attached hydrogens (tertiary/aromatic N) is 1. The van der Waals surface area contributed by atoms with Gasteiger partial charge in [0.15, 0.2) is 0 Å². The summed E-state index contributed by atoms with van der Waals surface area (Å²) in [6.45, 7) is 0.513. The number of nitrogens with one attached hydrogen (secondary N) is 1. The molecule has 0 unspecified atom stereocenters. The molecule has 1 heterocycles. The first-order valence-corrected chi connectivity index (χ1v) is 7.68. The highest BCUT2D eigenvalue weighted by molar-refractivity contribution is 9.10. The number of carboxylic acids is 1. The number of carbonyl (C=O) groups is 2. The van der Waals surface area contributed by atoms with Gasteiger partial charge in [0.1, 0.15) is 5.56 Å². The lowest BCUT2D eigenvalue weighted by Crippen LogP contribution is -2.46. The second kappa shape index (κ2) is 7.05. The molecule has 124 valence electrons. The Kier molecular flexibility index (Phi) is 5.32. The smallest absolute Gasteiger partial charge is 0.311 e. The summed E-state index contributed by atoms with van der Waals surface area (Å²) in [5.74, 6) is -1.68. The molecular weight excluding hydrogens is 372 g/mol. The van der Waals surface area contributed by atoms with E-state index in [0.29, 0.717) is 17.7 Å². The summed E-state index contributed by atoms with van der Waals surface area (Å²) in [5, 5.41) is 23.0. The van der Waals surface area contributed by atoms with Crippen molar-refractivity contribution in [2.75, 3.05) is 19.8 Å². The maximum atomic E-state index is 12.2. The van der Waals surface area contributed by atoms with Crippen LogP contribution in [0.3, 0.4) is 0 Å². The zero-order valence-corrected chi connectivity index (χ0v) is 13.7. The van der Waals surface area contributed by atoms with Crippen molar-refractivity contribution in [2.24, 2.45) is 5.41 Å². The van der Waals surface area contributed by atoms with E-state index in [9.17, 15) is 24.8 Å². The lowest BCUT2D eigenvalue weighted by Gasteiger charge is -2.33. The van der Waals surface area contributed by atoms with Crippen LogP contribution in [0.15, 0.2) is 22.7 Å². The first-order chi connectivity index (χ1) is 10.9. The van der Waals surface area contributed by atoms with Gasteiger partial charge in [-0.2, -0.15) is 0 Å². The van der Waals surface area contributed by atoms with Gasteiger partial charge in [0, 0.05) is 30.3 Å². The summed E-state index contributed by atoms with van der Waals surface area (Å²) >= 11 is 3.12. The third kappa shape index (κ3) is 3.85. The average Bonchev–Trinajstić information content (AvgIpc) is 2.53. The lowest BCUT2D eigenvalue weighted by atomic mass is 9.80. The third-order valence-corrected chi connectivity index (χ3v) is 4.39. The van der Waals surface area contributed by atoms with Crippen molar-refractivity contribution >= 4 is 33.5 Å². The summed E-state index contributed by atoms with van der Waals surface area (Å²) in [6.07, 6.45) is 0.566. The van der Waals surface area contributed by atoms with E-state index in [4.69, 9.17) is 4.74 Å². The molecule has 1 aromatic carbocycles. The first-order valence-electron chi connectivity index (χ1n) is 6.89. The number of carbonyl (C=O) groups excluding carboxylic acids is 1. The van der Waals surface area contributed by atoms with E-state index >= 15 is 0 Å². The zero-order chi connectivity index (χ0) is 17.0. The Morgan fingerprint density at radius 1 is 1.39 bits per heavy atom. The summed E-state index contributed by atoms with van der Waals surface area (Å²) in [5.41, 5.74) is -1.54. The molecule has 1 fully saturated rings. The minimum Gasteiger partial charge on any atom is -0.481 e. The fourth-order valence-electron chi connectivity index (χ4n) is 2.42. The van der Waals surface area contributed by atoms with Crippen molar-refractivity contribution in [2.45, 2.75) is 12.8 Å². The number of aliphatic carboxylic acids is 1. The fourth-order valence-corrected chi connectivity index (χ4v) is 2.77. The van der Waals surface area contributed by atoms with Crippen LogP contribution in [0.1, 0.15) is 23.2 Å². The highest BCUT2D eigenvalue weighted by Crippen LogP contribution is 2.30. The van der Waals surface area contributed by atoms with Crippen molar-refractivity contribution in [1.82, 2.24) is 5.32 Å². The Morgan fingerprint density at radius 3 is 2.61 bits per heavy atom. The van der Waals surface area contributed by atoms with Crippen LogP contribution in [-0.2, 0) is 9.53 Å². The molecular formula is C14H15BrN2O6. The van der Waals surface area contributed by atoms with E-state index in [-0.39, 0.29) is 30.6 Å². The molecule has 2 rings (SSSR count). The van der Waals surface area contributed by atoms with Gasteiger partial charge >= 0.3 is 5.97 Å². The molecule has 1 aliphatic heterocycles. The topological polar surface area (TPSA) is 119 Å². The van der Waals surface area contributed by atoms with Gasteiger partial charge in [-0.3, -0.25) is 19.7 Å². The standard InChI is InChI=1S/C14H15BrN2O6/c15-9-1-2-10(11(7-9)17(21)22)12(18)16-8-14(13(19)20)3-5-23-6-4-14/h1-2,7H,3-6,8H2,(H,16,18)(H,19,20). The van der Waals surface area contributed by atoms with Crippen LogP contribution in [-0.4, -0.2) is 41.7 Å². The van der Waals surface area contributed by atoms with Crippen LogP contribution < -0.4 is 5.32 Å². The molecule has 1 aromatic rings. The Bertz CT molecular complexity index is 642. The predicted octanol–water partition coefficient (Wildman–Crippen LogP) is 1.97. The van der Waals surface area contributed by atoms with Crippen LogP contribution in [0, 0.1) is 15.5 Å². The van der Waals surface area contributed by atoms with Crippen LogP contribution >= 0.6 is 15.9 Å². The molecule has 1 saturated heterocycles. The predicted molar refractivity (Wildman–Crippen MR) is 83.3 cm³/mol. The van der Waals surface area contributed by atoms with Crippen molar-refractivity contribution in [1.29, 1.82) is 0 Å². The number of benzene rings is 1. The van der Waals surface area contributed by atoms with Crippen molar-refractivity contribution in [3.63, 3.8) is 0 Å². The Morgan fingerprint density at radius 2 is 2.04 bits per heavy atom.